The van der Waals surface area contributed by atoms with E-state index in [1.807, 2.05) is 0 Å². The lowest BCUT2D eigenvalue weighted by Gasteiger charge is -2.33. The summed E-state index contributed by atoms with van der Waals surface area (Å²) in [6.07, 6.45) is 4.55. The van der Waals surface area contributed by atoms with Crippen LogP contribution < -0.4 is 0 Å². The van der Waals surface area contributed by atoms with Crippen LogP contribution in [0.1, 0.15) is 46.5 Å². The molecule has 0 saturated heterocycles. The molecule has 0 spiro atoms. The molecular weight excluding hydrogens is 164 g/mol. The van der Waals surface area contributed by atoms with E-state index < -0.39 is 0 Å². The molecule has 0 aliphatic carbocycles. The van der Waals surface area contributed by atoms with Gasteiger partial charge in [0.05, 0.1) is 6.10 Å². The fourth-order valence-corrected chi connectivity index (χ4v) is 1.74. The molecule has 1 unspecified atom stereocenters. The predicted octanol–water partition coefficient (Wildman–Crippen LogP) is 2.60. The van der Waals surface area contributed by atoms with E-state index in [2.05, 4.69) is 20.8 Å². The van der Waals surface area contributed by atoms with E-state index in [1.54, 1.807) is 7.11 Å². The highest BCUT2D eigenvalue weighted by molar-refractivity contribution is 4.78. The Morgan fingerprint density at radius 3 is 2.38 bits per heavy atom. The Morgan fingerprint density at radius 1 is 1.38 bits per heavy atom. The van der Waals surface area contributed by atoms with Gasteiger partial charge in [-0.05, 0) is 18.3 Å². The molecule has 0 fully saturated rings. The SMILES string of the molecule is CCCCC(C)(C)C(CCO)OC. The van der Waals surface area contributed by atoms with Crippen LogP contribution in [0.4, 0.5) is 0 Å². The van der Waals surface area contributed by atoms with Crippen LogP contribution in [0.15, 0.2) is 0 Å². The molecule has 0 radical (unpaired) electrons. The molecule has 0 rings (SSSR count). The highest BCUT2D eigenvalue weighted by Crippen LogP contribution is 2.31. The number of ether oxygens (including phenoxy) is 1. The van der Waals surface area contributed by atoms with Crippen molar-refractivity contribution in [2.24, 2.45) is 5.41 Å². The van der Waals surface area contributed by atoms with E-state index in [0.29, 0.717) is 0 Å². The number of rotatable bonds is 7. The zero-order valence-corrected chi connectivity index (χ0v) is 9.47. The van der Waals surface area contributed by atoms with Crippen LogP contribution in [0.25, 0.3) is 0 Å². The van der Waals surface area contributed by atoms with Gasteiger partial charge in [-0.2, -0.15) is 0 Å². The first-order valence-electron chi connectivity index (χ1n) is 5.22. The van der Waals surface area contributed by atoms with E-state index in [0.717, 1.165) is 6.42 Å². The van der Waals surface area contributed by atoms with Crippen LogP contribution in [0.3, 0.4) is 0 Å². The molecule has 13 heavy (non-hydrogen) atoms. The molecule has 0 aromatic heterocycles. The third-order valence-corrected chi connectivity index (χ3v) is 2.72. The second-order valence-electron chi connectivity index (χ2n) is 4.33. The first-order chi connectivity index (χ1) is 6.08. The second kappa shape index (κ2) is 6.39. The van der Waals surface area contributed by atoms with Gasteiger partial charge in [0.15, 0.2) is 0 Å². The maximum absolute atomic E-state index is 8.88. The lowest BCUT2D eigenvalue weighted by molar-refractivity contribution is -0.0140. The van der Waals surface area contributed by atoms with E-state index in [-0.39, 0.29) is 18.1 Å². The maximum atomic E-state index is 8.88. The van der Waals surface area contributed by atoms with Crippen LogP contribution in [-0.2, 0) is 4.74 Å². The lowest BCUT2D eigenvalue weighted by Crippen LogP contribution is -2.32. The minimum Gasteiger partial charge on any atom is -0.396 e. The summed E-state index contributed by atoms with van der Waals surface area (Å²) in [4.78, 5) is 0. The summed E-state index contributed by atoms with van der Waals surface area (Å²) < 4.78 is 5.39. The van der Waals surface area contributed by atoms with Gasteiger partial charge in [0, 0.05) is 13.7 Å². The van der Waals surface area contributed by atoms with Gasteiger partial charge in [0.25, 0.3) is 0 Å². The smallest absolute Gasteiger partial charge is 0.0644 e. The van der Waals surface area contributed by atoms with Gasteiger partial charge in [-0.25, -0.2) is 0 Å². The van der Waals surface area contributed by atoms with Gasteiger partial charge in [0.2, 0.25) is 0 Å². The summed E-state index contributed by atoms with van der Waals surface area (Å²) in [5, 5.41) is 8.88. The summed E-state index contributed by atoms with van der Waals surface area (Å²) in [6.45, 7) is 6.84. The van der Waals surface area contributed by atoms with Crippen molar-refractivity contribution in [2.45, 2.75) is 52.6 Å². The molecule has 0 aromatic rings. The Kier molecular flexibility index (Phi) is 6.35. The molecule has 1 N–H and O–H groups in total. The van der Waals surface area contributed by atoms with Gasteiger partial charge in [0.1, 0.15) is 0 Å². The Morgan fingerprint density at radius 2 is 2.00 bits per heavy atom. The number of unbranched alkanes of at least 4 members (excludes halogenated alkanes) is 1. The zero-order valence-electron chi connectivity index (χ0n) is 9.47. The molecule has 2 heteroatoms. The highest BCUT2D eigenvalue weighted by atomic mass is 16.5. The Hall–Kier alpha value is -0.0800. The highest BCUT2D eigenvalue weighted by Gasteiger charge is 2.28. The molecular formula is C11H24O2. The van der Waals surface area contributed by atoms with E-state index in [4.69, 9.17) is 9.84 Å². The summed E-state index contributed by atoms with van der Waals surface area (Å²) in [5.74, 6) is 0. The van der Waals surface area contributed by atoms with Crippen molar-refractivity contribution in [1.29, 1.82) is 0 Å². The van der Waals surface area contributed by atoms with Gasteiger partial charge in [-0.15, -0.1) is 0 Å². The van der Waals surface area contributed by atoms with Crippen LogP contribution in [0.5, 0.6) is 0 Å². The maximum Gasteiger partial charge on any atom is 0.0644 e. The average molecular weight is 188 g/mol. The average Bonchev–Trinajstić information content (AvgIpc) is 2.10. The zero-order chi connectivity index (χ0) is 10.3. The number of hydrogen-bond acceptors (Lipinski definition) is 2. The van der Waals surface area contributed by atoms with Gasteiger partial charge in [-0.3, -0.25) is 0 Å². The molecule has 0 heterocycles. The van der Waals surface area contributed by atoms with E-state index in [9.17, 15) is 0 Å². The molecule has 80 valence electrons. The fraction of sp³-hybridized carbons (Fsp3) is 1.00. The van der Waals surface area contributed by atoms with E-state index in [1.165, 1.54) is 19.3 Å². The van der Waals surface area contributed by atoms with Crippen LogP contribution in [0.2, 0.25) is 0 Å². The van der Waals surface area contributed by atoms with Crippen molar-refractivity contribution >= 4 is 0 Å². The van der Waals surface area contributed by atoms with Gasteiger partial charge in [-0.1, -0.05) is 33.6 Å². The molecule has 1 atom stereocenters. The second-order valence-corrected chi connectivity index (χ2v) is 4.33. The molecule has 0 aromatic carbocycles. The minimum absolute atomic E-state index is 0.184. The normalized spacial score (nSPS) is 14.5. The summed E-state index contributed by atoms with van der Waals surface area (Å²) in [7, 11) is 1.73. The molecule has 0 bridgehead atoms. The van der Waals surface area contributed by atoms with Crippen LogP contribution in [-0.4, -0.2) is 24.9 Å². The molecule has 0 saturated carbocycles. The lowest BCUT2D eigenvalue weighted by atomic mass is 9.80. The quantitative estimate of drug-likeness (QED) is 0.665. The standard InChI is InChI=1S/C11H24O2/c1-5-6-8-11(2,3)10(13-4)7-9-12/h10,12H,5-9H2,1-4H3. The van der Waals surface area contributed by atoms with Crippen molar-refractivity contribution < 1.29 is 9.84 Å². The monoisotopic (exact) mass is 188 g/mol. The third kappa shape index (κ3) is 4.63. The van der Waals surface area contributed by atoms with Crippen LogP contribution in [0, 0.1) is 5.41 Å². The summed E-state index contributed by atoms with van der Waals surface area (Å²) in [5.41, 5.74) is 0.188. The predicted molar refractivity (Wildman–Crippen MR) is 55.8 cm³/mol. The van der Waals surface area contributed by atoms with Crippen molar-refractivity contribution in [3.05, 3.63) is 0 Å². The van der Waals surface area contributed by atoms with Gasteiger partial charge < -0.3 is 9.84 Å². The first kappa shape index (κ1) is 12.9. The number of aliphatic hydroxyl groups is 1. The Balaban J connectivity index is 4.03. The Labute approximate surface area is 82.3 Å². The number of methoxy groups -OCH3 is 1. The van der Waals surface area contributed by atoms with Crippen molar-refractivity contribution in [3.8, 4) is 0 Å². The minimum atomic E-state index is 0.184. The third-order valence-electron chi connectivity index (χ3n) is 2.72. The van der Waals surface area contributed by atoms with Gasteiger partial charge >= 0.3 is 0 Å². The van der Waals surface area contributed by atoms with Crippen LogP contribution >= 0.6 is 0 Å². The molecule has 2 nitrogen and oxygen atoms in total. The number of aliphatic hydroxyl groups excluding tert-OH is 1. The van der Waals surface area contributed by atoms with Crippen molar-refractivity contribution in [1.82, 2.24) is 0 Å². The van der Waals surface area contributed by atoms with E-state index >= 15 is 0 Å². The summed E-state index contributed by atoms with van der Waals surface area (Å²) in [6, 6.07) is 0. The van der Waals surface area contributed by atoms with Crippen molar-refractivity contribution in [3.63, 3.8) is 0 Å². The fourth-order valence-electron chi connectivity index (χ4n) is 1.74. The number of hydrogen-bond donors (Lipinski definition) is 1. The Bertz CT molecular complexity index is 121. The topological polar surface area (TPSA) is 29.5 Å². The summed E-state index contributed by atoms with van der Waals surface area (Å²) >= 11 is 0. The largest absolute Gasteiger partial charge is 0.396 e. The molecule has 0 amide bonds. The first-order valence-corrected chi connectivity index (χ1v) is 5.22. The molecule has 0 aliphatic rings. The molecule has 0 aliphatic heterocycles. The van der Waals surface area contributed by atoms with Crippen molar-refractivity contribution in [2.75, 3.05) is 13.7 Å².